The van der Waals surface area contributed by atoms with Crippen molar-refractivity contribution in [2.45, 2.75) is 110 Å². The van der Waals surface area contributed by atoms with Gasteiger partial charge in [0.25, 0.3) is 0 Å². The van der Waals surface area contributed by atoms with E-state index in [1.54, 1.807) is 0 Å². The van der Waals surface area contributed by atoms with E-state index in [1.165, 1.54) is 57.8 Å². The van der Waals surface area contributed by atoms with Gasteiger partial charge in [-0.15, -0.1) is 0 Å². The Morgan fingerprint density at radius 2 is 1.45 bits per heavy atom. The van der Waals surface area contributed by atoms with Crippen LogP contribution in [0.3, 0.4) is 0 Å². The van der Waals surface area contributed by atoms with Crippen molar-refractivity contribution in [3.63, 3.8) is 0 Å². The molecule has 0 saturated heterocycles. The van der Waals surface area contributed by atoms with Crippen molar-refractivity contribution in [1.29, 1.82) is 0 Å². The molecule has 2 fully saturated rings. The third-order valence-corrected chi connectivity index (χ3v) is 7.53. The quantitative estimate of drug-likeness (QED) is 0.265. The molecule has 2 saturated carbocycles. The summed E-state index contributed by atoms with van der Waals surface area (Å²) in [5.41, 5.74) is 0.627. The third kappa shape index (κ3) is 8.50. The second kappa shape index (κ2) is 13.1. The van der Waals surface area contributed by atoms with Crippen LogP contribution in [0.2, 0.25) is 0 Å². The Kier molecular flexibility index (Phi) is 10.2. The molecule has 0 amide bonds. The Morgan fingerprint density at radius 3 is 2.06 bits per heavy atom. The van der Waals surface area contributed by atoms with Crippen molar-refractivity contribution < 1.29 is 14.3 Å². The van der Waals surface area contributed by atoms with E-state index in [1.807, 2.05) is 24.3 Å². The molecule has 174 valence electrons. The Balaban J connectivity index is 1.28. The summed E-state index contributed by atoms with van der Waals surface area (Å²) in [6, 6.07) is 7.48. The maximum atomic E-state index is 12.4. The van der Waals surface area contributed by atoms with E-state index in [0.717, 1.165) is 62.2 Å². The maximum absolute atomic E-state index is 12.4. The molecule has 2 aliphatic rings. The standard InChI is InChI=1S/C28H44O3/c1-3-4-5-7-23-11-13-24(14-12-23)8-6-21-30-26-19-15-25(16-20-26)28(29)31-27-17-9-22(2)10-18-27/h15-16,19-20,22-24,27H,3-14,17-18,21H2,1-2H3. The molecule has 31 heavy (non-hydrogen) atoms. The van der Waals surface area contributed by atoms with Gasteiger partial charge >= 0.3 is 5.97 Å². The molecule has 0 radical (unpaired) electrons. The first-order valence-corrected chi connectivity index (χ1v) is 13.1. The zero-order valence-corrected chi connectivity index (χ0v) is 20.0. The van der Waals surface area contributed by atoms with Crippen LogP contribution < -0.4 is 4.74 Å². The van der Waals surface area contributed by atoms with Gasteiger partial charge in [0.05, 0.1) is 12.2 Å². The van der Waals surface area contributed by atoms with Gasteiger partial charge in [0.2, 0.25) is 0 Å². The molecule has 0 N–H and O–H groups in total. The number of hydrogen-bond donors (Lipinski definition) is 0. The van der Waals surface area contributed by atoms with Gasteiger partial charge in [-0.2, -0.15) is 0 Å². The van der Waals surface area contributed by atoms with Crippen molar-refractivity contribution in [2.24, 2.45) is 17.8 Å². The molecule has 0 aliphatic heterocycles. The fourth-order valence-electron chi connectivity index (χ4n) is 5.31. The monoisotopic (exact) mass is 428 g/mol. The summed E-state index contributed by atoms with van der Waals surface area (Å²) >= 11 is 0. The Morgan fingerprint density at radius 1 is 0.839 bits per heavy atom. The molecular formula is C28H44O3. The summed E-state index contributed by atoms with van der Waals surface area (Å²) in [7, 11) is 0. The van der Waals surface area contributed by atoms with Crippen LogP contribution in [0.5, 0.6) is 5.75 Å². The van der Waals surface area contributed by atoms with E-state index in [0.29, 0.717) is 5.56 Å². The summed E-state index contributed by atoms with van der Waals surface area (Å²) in [5, 5.41) is 0. The second-order valence-corrected chi connectivity index (χ2v) is 10.2. The van der Waals surface area contributed by atoms with Gasteiger partial charge in [-0.1, -0.05) is 65.2 Å². The number of carbonyl (C=O) groups is 1. The zero-order chi connectivity index (χ0) is 21.9. The first-order chi connectivity index (χ1) is 15.1. The van der Waals surface area contributed by atoms with Gasteiger partial charge in [-0.3, -0.25) is 0 Å². The predicted octanol–water partition coefficient (Wildman–Crippen LogP) is 7.97. The minimum atomic E-state index is -0.198. The molecule has 0 aromatic heterocycles. The van der Waals surface area contributed by atoms with Gasteiger partial charge in [0.15, 0.2) is 0 Å². The molecular weight excluding hydrogens is 384 g/mol. The SMILES string of the molecule is CCCCCC1CCC(CCCOc2ccc(C(=O)OC3CCC(C)CC3)cc2)CC1. The largest absolute Gasteiger partial charge is 0.494 e. The smallest absolute Gasteiger partial charge is 0.338 e. The highest BCUT2D eigenvalue weighted by atomic mass is 16.5. The number of ether oxygens (including phenoxy) is 2. The van der Waals surface area contributed by atoms with Gasteiger partial charge in [-0.25, -0.2) is 4.79 Å². The van der Waals surface area contributed by atoms with Crippen LogP contribution in [-0.2, 0) is 4.74 Å². The van der Waals surface area contributed by atoms with E-state index in [9.17, 15) is 4.79 Å². The Hall–Kier alpha value is -1.51. The first kappa shape index (κ1) is 24.1. The second-order valence-electron chi connectivity index (χ2n) is 10.2. The summed E-state index contributed by atoms with van der Waals surface area (Å²) in [4.78, 5) is 12.4. The van der Waals surface area contributed by atoms with E-state index in [2.05, 4.69) is 13.8 Å². The summed E-state index contributed by atoms with van der Waals surface area (Å²) in [5.74, 6) is 3.30. The molecule has 1 aromatic carbocycles. The fourth-order valence-corrected chi connectivity index (χ4v) is 5.31. The summed E-state index contributed by atoms with van der Waals surface area (Å²) < 4.78 is 11.6. The van der Waals surface area contributed by atoms with Gasteiger partial charge in [-0.05, 0) is 80.5 Å². The minimum Gasteiger partial charge on any atom is -0.494 e. The van der Waals surface area contributed by atoms with Crippen LogP contribution in [-0.4, -0.2) is 18.7 Å². The van der Waals surface area contributed by atoms with Crippen molar-refractivity contribution in [2.75, 3.05) is 6.61 Å². The number of esters is 1. The first-order valence-electron chi connectivity index (χ1n) is 13.1. The van der Waals surface area contributed by atoms with Crippen LogP contribution >= 0.6 is 0 Å². The predicted molar refractivity (Wildman–Crippen MR) is 128 cm³/mol. The van der Waals surface area contributed by atoms with Crippen LogP contribution in [0.25, 0.3) is 0 Å². The molecule has 0 atom stereocenters. The normalized spacial score (nSPS) is 26.4. The molecule has 3 heteroatoms. The fraction of sp³-hybridized carbons (Fsp3) is 0.750. The lowest BCUT2D eigenvalue weighted by Gasteiger charge is -2.28. The van der Waals surface area contributed by atoms with Crippen molar-refractivity contribution in [3.05, 3.63) is 29.8 Å². The van der Waals surface area contributed by atoms with Crippen LogP contribution in [0, 0.1) is 17.8 Å². The minimum absolute atomic E-state index is 0.0889. The highest BCUT2D eigenvalue weighted by Gasteiger charge is 2.22. The van der Waals surface area contributed by atoms with E-state index < -0.39 is 0 Å². The lowest BCUT2D eigenvalue weighted by atomic mass is 9.78. The Bertz CT molecular complexity index is 622. The molecule has 1 aromatic rings. The van der Waals surface area contributed by atoms with Crippen molar-refractivity contribution in [3.8, 4) is 5.75 Å². The van der Waals surface area contributed by atoms with E-state index in [4.69, 9.17) is 9.47 Å². The molecule has 2 aliphatic carbocycles. The topological polar surface area (TPSA) is 35.5 Å². The molecule has 3 nitrogen and oxygen atoms in total. The van der Waals surface area contributed by atoms with Gasteiger partial charge in [0.1, 0.15) is 11.9 Å². The molecule has 0 bridgehead atoms. The van der Waals surface area contributed by atoms with Crippen LogP contribution in [0.1, 0.15) is 114 Å². The van der Waals surface area contributed by atoms with Crippen molar-refractivity contribution in [1.82, 2.24) is 0 Å². The van der Waals surface area contributed by atoms with Crippen molar-refractivity contribution >= 4 is 5.97 Å². The Labute approximate surface area is 190 Å². The molecule has 0 spiro atoms. The lowest BCUT2D eigenvalue weighted by Crippen LogP contribution is -2.23. The van der Waals surface area contributed by atoms with E-state index >= 15 is 0 Å². The van der Waals surface area contributed by atoms with Crippen LogP contribution in [0.15, 0.2) is 24.3 Å². The van der Waals surface area contributed by atoms with Gasteiger partial charge < -0.3 is 9.47 Å². The third-order valence-electron chi connectivity index (χ3n) is 7.53. The molecule has 3 rings (SSSR count). The molecule has 0 unspecified atom stereocenters. The van der Waals surface area contributed by atoms with Crippen LogP contribution in [0.4, 0.5) is 0 Å². The highest BCUT2D eigenvalue weighted by Crippen LogP contribution is 2.34. The average molecular weight is 429 g/mol. The number of unbranched alkanes of at least 4 members (excludes halogenated alkanes) is 2. The number of rotatable bonds is 11. The number of benzene rings is 1. The summed E-state index contributed by atoms with van der Waals surface area (Å²) in [6.07, 6.45) is 18.1. The zero-order valence-electron chi connectivity index (χ0n) is 20.0. The maximum Gasteiger partial charge on any atom is 0.338 e. The average Bonchev–Trinajstić information content (AvgIpc) is 2.80. The van der Waals surface area contributed by atoms with Gasteiger partial charge in [0, 0.05) is 0 Å². The van der Waals surface area contributed by atoms with E-state index in [-0.39, 0.29) is 12.1 Å². The number of hydrogen-bond acceptors (Lipinski definition) is 3. The number of carbonyl (C=O) groups excluding carboxylic acids is 1. The lowest BCUT2D eigenvalue weighted by molar-refractivity contribution is 0.0174. The molecule has 0 heterocycles. The highest BCUT2D eigenvalue weighted by molar-refractivity contribution is 5.89. The summed E-state index contributed by atoms with van der Waals surface area (Å²) in [6.45, 7) is 5.33.